The van der Waals surface area contributed by atoms with Crippen LogP contribution in [0.15, 0.2) is 46.9 Å². The Morgan fingerprint density at radius 2 is 2.08 bits per heavy atom. The van der Waals surface area contributed by atoms with E-state index in [9.17, 15) is 14.5 Å². The first-order chi connectivity index (χ1) is 11.5. The van der Waals surface area contributed by atoms with Crippen LogP contribution < -0.4 is 4.74 Å². The second-order valence-electron chi connectivity index (χ2n) is 5.03. The zero-order valence-corrected chi connectivity index (χ0v) is 12.6. The van der Waals surface area contributed by atoms with Gasteiger partial charge in [0.25, 0.3) is 5.89 Å². The molecule has 3 rings (SSSR count). The lowest BCUT2D eigenvalue weighted by molar-refractivity contribution is -0.386. The van der Waals surface area contributed by atoms with Crippen LogP contribution in [0.25, 0.3) is 11.5 Å². The monoisotopic (exact) mass is 329 g/mol. The van der Waals surface area contributed by atoms with E-state index in [0.717, 1.165) is 29.3 Å². The van der Waals surface area contributed by atoms with Crippen LogP contribution in [0.3, 0.4) is 0 Å². The molecule has 0 saturated carbocycles. The topological polar surface area (TPSA) is 91.3 Å². The first kappa shape index (κ1) is 15.6. The van der Waals surface area contributed by atoms with E-state index >= 15 is 0 Å². The van der Waals surface area contributed by atoms with Crippen molar-refractivity contribution < 1.29 is 18.5 Å². The number of nitro groups is 1. The molecule has 122 valence electrons. The van der Waals surface area contributed by atoms with E-state index in [1.165, 1.54) is 0 Å². The number of aryl methyl sites for hydroxylation is 1. The van der Waals surface area contributed by atoms with E-state index < -0.39 is 10.7 Å². The van der Waals surface area contributed by atoms with Gasteiger partial charge < -0.3 is 9.15 Å². The summed E-state index contributed by atoms with van der Waals surface area (Å²) in [7, 11) is 0. The maximum atomic E-state index is 13.2. The molecule has 0 N–H and O–H groups in total. The molecule has 0 bridgehead atoms. The number of nitro benzene ring substituents is 1. The lowest BCUT2D eigenvalue weighted by Crippen LogP contribution is -2.00. The summed E-state index contributed by atoms with van der Waals surface area (Å²) in [4.78, 5) is 10.3. The molecule has 2 aromatic carbocycles. The van der Waals surface area contributed by atoms with Crippen molar-refractivity contribution in [3.05, 3.63) is 69.9 Å². The third-order valence-electron chi connectivity index (χ3n) is 3.20. The number of halogens is 1. The van der Waals surface area contributed by atoms with Gasteiger partial charge in [-0.15, -0.1) is 10.2 Å². The molecule has 1 aromatic heterocycles. The van der Waals surface area contributed by atoms with Crippen molar-refractivity contribution in [2.24, 2.45) is 0 Å². The second-order valence-corrected chi connectivity index (χ2v) is 5.03. The minimum atomic E-state index is -0.652. The predicted octanol–water partition coefficient (Wildman–Crippen LogP) is 3.67. The molecule has 0 atom stereocenters. The number of hydrogen-bond donors (Lipinski definition) is 0. The van der Waals surface area contributed by atoms with Crippen LogP contribution in [0.4, 0.5) is 10.1 Å². The molecule has 0 saturated heterocycles. The molecular formula is C16H12FN3O4. The molecule has 3 aromatic rings. The highest BCUT2D eigenvalue weighted by Gasteiger charge is 2.17. The number of nitrogens with zero attached hydrogens (tertiary/aromatic N) is 3. The minimum absolute atomic E-state index is 0.130. The molecular weight excluding hydrogens is 317 g/mol. The molecule has 24 heavy (non-hydrogen) atoms. The zero-order valence-electron chi connectivity index (χ0n) is 12.6. The van der Waals surface area contributed by atoms with E-state index in [-0.39, 0.29) is 23.9 Å². The maximum absolute atomic E-state index is 13.2. The summed E-state index contributed by atoms with van der Waals surface area (Å²) in [5.74, 6) is -0.395. The first-order valence-electron chi connectivity index (χ1n) is 6.99. The average Bonchev–Trinajstić information content (AvgIpc) is 3.01. The summed E-state index contributed by atoms with van der Waals surface area (Å²) in [5, 5.41) is 18.7. The molecule has 7 nitrogen and oxygen atoms in total. The van der Waals surface area contributed by atoms with Crippen molar-refractivity contribution in [3.8, 4) is 17.2 Å². The first-order valence-corrected chi connectivity index (χ1v) is 6.99. The number of aromatic nitrogens is 2. The molecule has 0 aliphatic rings. The smallest absolute Gasteiger partial charge is 0.311 e. The van der Waals surface area contributed by atoms with Crippen molar-refractivity contribution in [3.63, 3.8) is 0 Å². The van der Waals surface area contributed by atoms with Gasteiger partial charge in [-0.2, -0.15) is 0 Å². The van der Waals surface area contributed by atoms with Gasteiger partial charge in [0, 0.05) is 17.7 Å². The van der Waals surface area contributed by atoms with Crippen molar-refractivity contribution in [1.29, 1.82) is 0 Å². The summed E-state index contributed by atoms with van der Waals surface area (Å²) in [6.07, 6.45) is 0. The zero-order chi connectivity index (χ0) is 17.1. The third kappa shape index (κ3) is 3.37. The molecule has 0 fully saturated rings. The van der Waals surface area contributed by atoms with E-state index in [4.69, 9.17) is 9.15 Å². The quantitative estimate of drug-likeness (QED) is 0.524. The highest BCUT2D eigenvalue weighted by molar-refractivity contribution is 5.53. The van der Waals surface area contributed by atoms with E-state index in [1.54, 1.807) is 0 Å². The Morgan fingerprint density at radius 1 is 1.25 bits per heavy atom. The molecule has 1 heterocycles. The van der Waals surface area contributed by atoms with Crippen LogP contribution >= 0.6 is 0 Å². The molecule has 0 amide bonds. The number of ether oxygens (including phenoxy) is 1. The van der Waals surface area contributed by atoms with Gasteiger partial charge in [-0.3, -0.25) is 10.1 Å². The third-order valence-corrected chi connectivity index (χ3v) is 3.20. The molecule has 0 unspecified atom stereocenters. The fourth-order valence-electron chi connectivity index (χ4n) is 2.10. The standard InChI is InChI=1S/C16H12FN3O4/c1-10-3-2-4-11(7-10)16-19-18-15(24-16)9-23-14-8-12(17)5-6-13(14)20(21)22/h2-8H,9H2,1H3. The molecule has 0 radical (unpaired) electrons. The van der Waals surface area contributed by atoms with Gasteiger partial charge in [-0.05, 0) is 25.1 Å². The second kappa shape index (κ2) is 6.45. The Labute approximate surface area is 135 Å². The van der Waals surface area contributed by atoms with Gasteiger partial charge in [-0.1, -0.05) is 17.7 Å². The maximum Gasteiger partial charge on any atom is 0.311 e. The van der Waals surface area contributed by atoms with Crippen LogP contribution in [0.5, 0.6) is 5.75 Å². The number of hydrogen-bond acceptors (Lipinski definition) is 6. The predicted molar refractivity (Wildman–Crippen MR) is 81.9 cm³/mol. The van der Waals surface area contributed by atoms with E-state index in [0.29, 0.717) is 5.89 Å². The van der Waals surface area contributed by atoms with Crippen LogP contribution in [-0.2, 0) is 6.61 Å². The van der Waals surface area contributed by atoms with Crippen LogP contribution in [-0.4, -0.2) is 15.1 Å². The van der Waals surface area contributed by atoms with Crippen molar-refractivity contribution in [2.75, 3.05) is 0 Å². The lowest BCUT2D eigenvalue weighted by atomic mass is 10.1. The Kier molecular flexibility index (Phi) is 4.19. The Hall–Kier alpha value is -3.29. The fraction of sp³-hybridized carbons (Fsp3) is 0.125. The molecule has 0 aliphatic carbocycles. The summed E-state index contributed by atoms with van der Waals surface area (Å²) in [6, 6.07) is 10.5. The average molecular weight is 329 g/mol. The summed E-state index contributed by atoms with van der Waals surface area (Å²) < 4.78 is 24.0. The normalized spacial score (nSPS) is 10.6. The SMILES string of the molecule is Cc1cccc(-c2nnc(COc3cc(F)ccc3[N+](=O)[O-])o2)c1. The highest BCUT2D eigenvalue weighted by atomic mass is 19.1. The van der Waals surface area contributed by atoms with Gasteiger partial charge >= 0.3 is 5.69 Å². The van der Waals surface area contributed by atoms with Gasteiger partial charge in [0.1, 0.15) is 5.82 Å². The number of benzene rings is 2. The van der Waals surface area contributed by atoms with E-state index in [2.05, 4.69) is 10.2 Å². The largest absolute Gasteiger partial charge is 0.477 e. The van der Waals surface area contributed by atoms with Gasteiger partial charge in [0.2, 0.25) is 11.6 Å². The minimum Gasteiger partial charge on any atom is -0.477 e. The summed E-state index contributed by atoms with van der Waals surface area (Å²) in [5.41, 5.74) is 1.46. The van der Waals surface area contributed by atoms with Crippen LogP contribution in [0.2, 0.25) is 0 Å². The van der Waals surface area contributed by atoms with Crippen molar-refractivity contribution in [1.82, 2.24) is 10.2 Å². The van der Waals surface area contributed by atoms with Gasteiger partial charge in [0.05, 0.1) is 4.92 Å². The molecule has 0 aliphatic heterocycles. The number of rotatable bonds is 5. The van der Waals surface area contributed by atoms with Crippen molar-refractivity contribution >= 4 is 5.69 Å². The van der Waals surface area contributed by atoms with Crippen LogP contribution in [0.1, 0.15) is 11.5 Å². The van der Waals surface area contributed by atoms with E-state index in [1.807, 2.05) is 31.2 Å². The Balaban J connectivity index is 1.77. The Morgan fingerprint density at radius 3 is 2.83 bits per heavy atom. The van der Waals surface area contributed by atoms with Gasteiger partial charge in [-0.25, -0.2) is 4.39 Å². The fourth-order valence-corrected chi connectivity index (χ4v) is 2.10. The summed E-state index contributed by atoms with van der Waals surface area (Å²) in [6.45, 7) is 1.73. The highest BCUT2D eigenvalue weighted by Crippen LogP contribution is 2.28. The van der Waals surface area contributed by atoms with Crippen molar-refractivity contribution in [2.45, 2.75) is 13.5 Å². The molecule has 0 spiro atoms. The lowest BCUT2D eigenvalue weighted by Gasteiger charge is -2.04. The van der Waals surface area contributed by atoms with Gasteiger partial charge in [0.15, 0.2) is 6.61 Å². The summed E-state index contributed by atoms with van der Waals surface area (Å²) >= 11 is 0. The Bertz CT molecular complexity index is 895. The molecule has 8 heteroatoms. The van der Waals surface area contributed by atoms with Crippen LogP contribution in [0, 0.1) is 22.9 Å².